The van der Waals surface area contributed by atoms with E-state index in [2.05, 4.69) is 15.4 Å². The predicted molar refractivity (Wildman–Crippen MR) is 106 cm³/mol. The van der Waals surface area contributed by atoms with Crippen molar-refractivity contribution >= 4 is 51.8 Å². The molecule has 29 heavy (non-hydrogen) atoms. The number of nitrogens with one attached hydrogen (secondary N) is 1. The third kappa shape index (κ3) is 3.93. The van der Waals surface area contributed by atoms with Crippen LogP contribution in [0.1, 0.15) is 16.2 Å². The van der Waals surface area contributed by atoms with Crippen molar-refractivity contribution in [3.05, 3.63) is 69.3 Å². The lowest BCUT2D eigenvalue weighted by molar-refractivity contribution is -0.142. The number of amides is 1. The van der Waals surface area contributed by atoms with E-state index in [4.69, 9.17) is 23.2 Å². The Kier molecular flexibility index (Phi) is 4.97. The summed E-state index contributed by atoms with van der Waals surface area (Å²) in [4.78, 5) is 17.3. The molecule has 3 heterocycles. The summed E-state index contributed by atoms with van der Waals surface area (Å²) in [5, 5.41) is 8.60. The van der Waals surface area contributed by atoms with Gasteiger partial charge in [0, 0.05) is 11.1 Å². The van der Waals surface area contributed by atoms with Crippen LogP contribution >= 0.6 is 34.5 Å². The Labute approximate surface area is 175 Å². The van der Waals surface area contributed by atoms with E-state index in [1.165, 1.54) is 35.6 Å². The van der Waals surface area contributed by atoms with Gasteiger partial charge >= 0.3 is 6.18 Å². The Bertz CT molecular complexity index is 1220. The van der Waals surface area contributed by atoms with Gasteiger partial charge in [-0.25, -0.2) is 9.50 Å². The molecule has 0 aliphatic heterocycles. The lowest BCUT2D eigenvalue weighted by Gasteiger charge is -2.10. The molecule has 0 radical (unpaired) electrons. The molecule has 4 aromatic rings. The first-order chi connectivity index (χ1) is 13.7. The van der Waals surface area contributed by atoms with Crippen molar-refractivity contribution in [1.82, 2.24) is 14.6 Å². The monoisotopic (exact) mass is 456 g/mol. The SMILES string of the molecule is O=C(Nc1ccc(Cl)cc1Cl)c1cc2nc(-c3cccs3)cc(C(F)(F)F)n2n1. The number of nitrogens with zero attached hydrogens (tertiary/aromatic N) is 3. The first-order valence-corrected chi connectivity index (χ1v) is 9.64. The molecule has 4 rings (SSSR count). The predicted octanol–water partition coefficient (Wildman–Crippen LogP) is 6.04. The number of halogens is 5. The largest absolute Gasteiger partial charge is 0.433 e. The first kappa shape index (κ1) is 19.7. The fourth-order valence-electron chi connectivity index (χ4n) is 2.62. The second kappa shape index (κ2) is 7.33. The van der Waals surface area contributed by atoms with Crippen LogP contribution in [0.25, 0.3) is 16.2 Å². The molecular formula is C18H9Cl2F3N4OS. The van der Waals surface area contributed by atoms with E-state index in [1.54, 1.807) is 17.5 Å². The Hall–Kier alpha value is -2.62. The van der Waals surface area contributed by atoms with Crippen LogP contribution in [0.2, 0.25) is 10.0 Å². The number of aromatic nitrogens is 3. The Morgan fingerprint density at radius 2 is 1.93 bits per heavy atom. The maximum Gasteiger partial charge on any atom is 0.433 e. The summed E-state index contributed by atoms with van der Waals surface area (Å²) < 4.78 is 41.3. The van der Waals surface area contributed by atoms with Crippen LogP contribution in [-0.4, -0.2) is 20.5 Å². The summed E-state index contributed by atoms with van der Waals surface area (Å²) in [6.45, 7) is 0. The van der Waals surface area contributed by atoms with Gasteiger partial charge in [0.2, 0.25) is 0 Å². The maximum absolute atomic E-state index is 13.6. The summed E-state index contributed by atoms with van der Waals surface area (Å²) >= 11 is 13.1. The fraction of sp³-hybridized carbons (Fsp3) is 0.0556. The quantitative estimate of drug-likeness (QED) is 0.409. The first-order valence-electron chi connectivity index (χ1n) is 8.00. The third-order valence-corrected chi connectivity index (χ3v) is 5.34. The van der Waals surface area contributed by atoms with Gasteiger partial charge in [0.15, 0.2) is 17.0 Å². The molecule has 11 heteroatoms. The number of anilines is 1. The molecule has 0 bridgehead atoms. The molecule has 0 aliphatic carbocycles. The van der Waals surface area contributed by atoms with E-state index in [9.17, 15) is 18.0 Å². The lowest BCUT2D eigenvalue weighted by Crippen LogP contribution is -2.15. The van der Waals surface area contributed by atoms with E-state index < -0.39 is 17.8 Å². The van der Waals surface area contributed by atoms with Crippen LogP contribution in [-0.2, 0) is 6.18 Å². The second-order valence-corrected chi connectivity index (χ2v) is 7.67. The van der Waals surface area contributed by atoms with Crippen LogP contribution in [0.5, 0.6) is 0 Å². The number of benzene rings is 1. The Balaban J connectivity index is 1.77. The molecule has 1 aromatic carbocycles. The van der Waals surface area contributed by atoms with Gasteiger partial charge in [0.05, 0.1) is 21.3 Å². The second-order valence-electron chi connectivity index (χ2n) is 5.88. The van der Waals surface area contributed by atoms with E-state index in [0.717, 1.165) is 6.07 Å². The highest BCUT2D eigenvalue weighted by molar-refractivity contribution is 7.13. The average molecular weight is 457 g/mol. The van der Waals surface area contributed by atoms with Gasteiger partial charge in [0.25, 0.3) is 5.91 Å². The molecule has 0 unspecified atom stereocenters. The van der Waals surface area contributed by atoms with Gasteiger partial charge in [-0.1, -0.05) is 29.3 Å². The lowest BCUT2D eigenvalue weighted by atomic mass is 10.2. The number of fused-ring (bicyclic) bond motifs is 1. The van der Waals surface area contributed by atoms with Crippen LogP contribution < -0.4 is 5.32 Å². The molecule has 1 amide bonds. The van der Waals surface area contributed by atoms with Crippen molar-refractivity contribution in [2.24, 2.45) is 0 Å². The van der Waals surface area contributed by atoms with Gasteiger partial charge < -0.3 is 5.32 Å². The smallest absolute Gasteiger partial charge is 0.319 e. The maximum atomic E-state index is 13.6. The highest BCUT2D eigenvalue weighted by Gasteiger charge is 2.35. The van der Waals surface area contributed by atoms with Crippen LogP contribution in [0, 0.1) is 0 Å². The number of alkyl halides is 3. The Morgan fingerprint density at radius 3 is 2.59 bits per heavy atom. The van der Waals surface area contributed by atoms with Crippen LogP contribution in [0.3, 0.4) is 0 Å². The number of hydrogen-bond donors (Lipinski definition) is 1. The van der Waals surface area contributed by atoms with E-state index in [-0.39, 0.29) is 27.7 Å². The molecule has 148 valence electrons. The molecule has 3 aromatic heterocycles. The van der Waals surface area contributed by atoms with Gasteiger partial charge in [-0.05, 0) is 35.7 Å². The zero-order valence-electron chi connectivity index (χ0n) is 14.2. The molecule has 0 saturated carbocycles. The van der Waals surface area contributed by atoms with Gasteiger partial charge in [-0.3, -0.25) is 4.79 Å². The normalized spacial score (nSPS) is 11.8. The summed E-state index contributed by atoms with van der Waals surface area (Å²) in [6, 6.07) is 9.89. The minimum atomic E-state index is -4.69. The summed E-state index contributed by atoms with van der Waals surface area (Å²) in [6.07, 6.45) is -4.69. The summed E-state index contributed by atoms with van der Waals surface area (Å²) in [5.74, 6) is -0.731. The zero-order valence-corrected chi connectivity index (χ0v) is 16.5. The number of thiophene rings is 1. The molecule has 0 fully saturated rings. The zero-order chi connectivity index (χ0) is 20.8. The molecule has 1 N–H and O–H groups in total. The minimum absolute atomic E-state index is 0.101. The van der Waals surface area contributed by atoms with Crippen molar-refractivity contribution in [3.8, 4) is 10.6 Å². The van der Waals surface area contributed by atoms with Crippen molar-refractivity contribution in [3.63, 3.8) is 0 Å². The van der Waals surface area contributed by atoms with E-state index >= 15 is 0 Å². The topological polar surface area (TPSA) is 59.3 Å². The van der Waals surface area contributed by atoms with E-state index in [0.29, 0.717) is 14.4 Å². The number of carbonyl (C=O) groups is 1. The molecular weight excluding hydrogens is 448 g/mol. The van der Waals surface area contributed by atoms with Crippen molar-refractivity contribution < 1.29 is 18.0 Å². The summed E-state index contributed by atoms with van der Waals surface area (Å²) in [7, 11) is 0. The van der Waals surface area contributed by atoms with Gasteiger partial charge in [0.1, 0.15) is 0 Å². The molecule has 0 saturated heterocycles. The molecule has 0 atom stereocenters. The van der Waals surface area contributed by atoms with Crippen LogP contribution in [0.15, 0.2) is 47.8 Å². The average Bonchev–Trinajstić information content (AvgIpc) is 3.31. The third-order valence-electron chi connectivity index (χ3n) is 3.90. The fourth-order valence-corrected chi connectivity index (χ4v) is 3.76. The highest BCUT2D eigenvalue weighted by Crippen LogP contribution is 2.33. The minimum Gasteiger partial charge on any atom is -0.319 e. The molecule has 5 nitrogen and oxygen atoms in total. The van der Waals surface area contributed by atoms with Crippen molar-refractivity contribution in [1.29, 1.82) is 0 Å². The number of hydrogen-bond acceptors (Lipinski definition) is 4. The van der Waals surface area contributed by atoms with Gasteiger partial charge in [-0.2, -0.15) is 18.3 Å². The van der Waals surface area contributed by atoms with Crippen molar-refractivity contribution in [2.75, 3.05) is 5.32 Å². The molecule has 0 spiro atoms. The highest BCUT2D eigenvalue weighted by atomic mass is 35.5. The standard InChI is InChI=1S/C18H9Cl2F3N4OS/c19-9-3-4-11(10(20)6-9)25-17(28)13-8-16-24-12(14-2-1-5-29-14)7-15(18(21,22)23)27(16)26-13/h1-8H,(H,25,28). The number of rotatable bonds is 3. The summed E-state index contributed by atoms with van der Waals surface area (Å²) in [5.41, 5.74) is -0.976. The Morgan fingerprint density at radius 1 is 1.14 bits per heavy atom. The molecule has 0 aliphatic rings. The number of carbonyl (C=O) groups excluding carboxylic acids is 1. The van der Waals surface area contributed by atoms with Crippen LogP contribution in [0.4, 0.5) is 18.9 Å². The van der Waals surface area contributed by atoms with Gasteiger partial charge in [-0.15, -0.1) is 11.3 Å². The van der Waals surface area contributed by atoms with Crippen molar-refractivity contribution in [2.45, 2.75) is 6.18 Å². The van der Waals surface area contributed by atoms with E-state index in [1.807, 2.05) is 0 Å².